The van der Waals surface area contributed by atoms with Gasteiger partial charge in [0.05, 0.1) is 40.3 Å². The second-order valence-corrected chi connectivity index (χ2v) is 27.6. The van der Waals surface area contributed by atoms with E-state index in [1.165, 1.54) is 283 Å². The van der Waals surface area contributed by atoms with Gasteiger partial charge in [0.25, 0.3) is 0 Å². The summed E-state index contributed by atoms with van der Waals surface area (Å²) in [6, 6.07) is 0. The van der Waals surface area contributed by atoms with Crippen molar-refractivity contribution in [2.45, 2.75) is 392 Å². The highest BCUT2D eigenvalue weighted by molar-refractivity contribution is 5.70. The second kappa shape index (κ2) is 71.8. The Morgan fingerprint density at radius 2 is 0.633 bits per heavy atom. The molecule has 0 aliphatic heterocycles. The molecule has 2 unspecified atom stereocenters. The molecule has 9 nitrogen and oxygen atoms in total. The Morgan fingerprint density at radius 3 is 0.944 bits per heavy atom. The maximum absolute atomic E-state index is 13.0. The summed E-state index contributed by atoms with van der Waals surface area (Å²) in [5.74, 6) is -2.25. The zero-order valence-corrected chi connectivity index (χ0v) is 60.3. The van der Waals surface area contributed by atoms with E-state index in [0.29, 0.717) is 17.4 Å². The van der Waals surface area contributed by atoms with Crippen LogP contribution in [0.1, 0.15) is 380 Å². The summed E-state index contributed by atoms with van der Waals surface area (Å²) in [4.78, 5) is 37.6. The van der Waals surface area contributed by atoms with Crippen molar-refractivity contribution in [1.82, 2.24) is 0 Å². The lowest BCUT2D eigenvalue weighted by molar-refractivity contribution is -0.870. The molecule has 0 spiro atoms. The summed E-state index contributed by atoms with van der Waals surface area (Å²) in [6.07, 6.45) is 92.0. The number of esters is 2. The van der Waals surface area contributed by atoms with Crippen LogP contribution in [0.2, 0.25) is 0 Å². The highest BCUT2D eigenvalue weighted by atomic mass is 16.7. The normalized spacial score (nSPS) is 12.9. The molecule has 0 radical (unpaired) electrons. The van der Waals surface area contributed by atoms with E-state index in [9.17, 15) is 19.5 Å². The first-order valence-corrected chi connectivity index (χ1v) is 38.9. The third-order valence-electron chi connectivity index (χ3n) is 17.5. The van der Waals surface area contributed by atoms with Crippen molar-refractivity contribution >= 4 is 17.9 Å². The number of likely N-dealkylation sites (N-methyl/N-ethyl adjacent to an activating group) is 1. The molecule has 0 amide bonds. The molecule has 526 valence electrons. The largest absolute Gasteiger partial charge is 0.545 e. The number of carbonyl (C=O) groups is 3. The summed E-state index contributed by atoms with van der Waals surface area (Å²) in [6.45, 7) is 4.71. The number of carboxylic acid groups (broad SMARTS) is 1. The number of ether oxygens (including phenoxy) is 4. The lowest BCUT2D eigenvalue weighted by Crippen LogP contribution is -2.44. The first-order valence-electron chi connectivity index (χ1n) is 38.9. The SMILES string of the molecule is CC/C=C\C/C=C\C/C=C\C/C=C\C/C=C\CCCCCCCCCCCCCCCCCCCCCCCCCCCC(=O)OC(COC(=O)CCCCCCCCCCCCCCCCCCCCCCCCCC)COC(OCC[N+](C)(C)C)C(=O)[O-]. The van der Waals surface area contributed by atoms with Gasteiger partial charge in [-0.05, 0) is 57.8 Å². The standard InChI is InChI=1S/C81H149NO8/c1-6-8-10-12-14-16-18-20-22-24-26-28-30-32-33-34-35-36-37-38-39-40-41-42-43-44-45-46-47-48-50-52-54-56-58-60-62-64-66-68-70-72-79(84)90-77(76-89-81(80(85)86)87-74-73-82(3,4)5)75-88-78(83)71-69-67-65-63-61-59-57-55-53-51-49-31-29-27-25-23-21-19-17-15-13-11-9-7-2/h8,10,14,16,20,22,26,28,32-33,77,81H,6-7,9,11-13,15,17-19,21,23-25,27,29-31,34-76H2,1-5H3/b10-8-,16-14-,22-20-,28-26-,33-32-. The number of nitrogens with zero attached hydrogens (tertiary/aromatic N) is 1. The average Bonchev–Trinajstić information content (AvgIpc) is 3.73. The average molecular weight is 1270 g/mol. The summed E-state index contributed by atoms with van der Waals surface area (Å²) in [5, 5.41) is 11.8. The van der Waals surface area contributed by atoms with E-state index < -0.39 is 24.3 Å². The van der Waals surface area contributed by atoms with Crippen molar-refractivity contribution in [2.24, 2.45) is 0 Å². The van der Waals surface area contributed by atoms with Crippen molar-refractivity contribution in [2.75, 3.05) is 47.5 Å². The van der Waals surface area contributed by atoms with Gasteiger partial charge >= 0.3 is 11.9 Å². The van der Waals surface area contributed by atoms with Gasteiger partial charge in [-0.1, -0.05) is 370 Å². The summed E-state index contributed by atoms with van der Waals surface area (Å²) in [7, 11) is 5.95. The topological polar surface area (TPSA) is 111 Å². The smallest absolute Gasteiger partial charge is 0.306 e. The molecule has 0 heterocycles. The van der Waals surface area contributed by atoms with Crippen molar-refractivity contribution < 1.29 is 42.9 Å². The molecule has 0 aromatic rings. The first-order chi connectivity index (χ1) is 44.1. The highest BCUT2D eigenvalue weighted by Crippen LogP contribution is 2.20. The van der Waals surface area contributed by atoms with Gasteiger partial charge < -0.3 is 33.3 Å². The number of carbonyl (C=O) groups excluding carboxylic acids is 3. The Kier molecular flexibility index (Phi) is 69.4. The molecule has 0 aliphatic rings. The predicted molar refractivity (Wildman–Crippen MR) is 385 cm³/mol. The van der Waals surface area contributed by atoms with Crippen LogP contribution in [-0.2, 0) is 33.3 Å². The molecule has 0 saturated heterocycles. The fourth-order valence-electron chi connectivity index (χ4n) is 11.6. The maximum atomic E-state index is 13.0. The zero-order valence-electron chi connectivity index (χ0n) is 60.3. The lowest BCUT2D eigenvalue weighted by atomic mass is 10.0. The Morgan fingerprint density at radius 1 is 0.344 bits per heavy atom. The molecule has 0 saturated carbocycles. The van der Waals surface area contributed by atoms with E-state index in [1.807, 2.05) is 21.1 Å². The molecule has 0 rings (SSSR count). The molecule has 0 fully saturated rings. The van der Waals surface area contributed by atoms with Crippen LogP contribution in [0.25, 0.3) is 0 Å². The monoisotopic (exact) mass is 1260 g/mol. The van der Waals surface area contributed by atoms with E-state index >= 15 is 0 Å². The molecule has 2 atom stereocenters. The third-order valence-corrected chi connectivity index (χ3v) is 17.5. The van der Waals surface area contributed by atoms with Gasteiger partial charge in [-0.15, -0.1) is 0 Å². The van der Waals surface area contributed by atoms with Crippen LogP contribution in [-0.4, -0.2) is 82.3 Å². The number of aliphatic carboxylic acids is 1. The fraction of sp³-hybridized carbons (Fsp3) is 0.840. The Bertz CT molecular complexity index is 1660. The van der Waals surface area contributed by atoms with Crippen LogP contribution >= 0.6 is 0 Å². The van der Waals surface area contributed by atoms with Gasteiger partial charge in [0.1, 0.15) is 13.2 Å². The van der Waals surface area contributed by atoms with Crippen LogP contribution in [0.5, 0.6) is 0 Å². The highest BCUT2D eigenvalue weighted by Gasteiger charge is 2.22. The Labute approximate surface area is 558 Å². The fourth-order valence-corrected chi connectivity index (χ4v) is 11.6. The van der Waals surface area contributed by atoms with Gasteiger partial charge in [0.15, 0.2) is 12.4 Å². The quantitative estimate of drug-likeness (QED) is 0.0195. The molecule has 0 aromatic carbocycles. The molecule has 9 heteroatoms. The number of rotatable bonds is 73. The van der Waals surface area contributed by atoms with Crippen molar-refractivity contribution in [1.29, 1.82) is 0 Å². The summed E-state index contributed by atoms with van der Waals surface area (Å²) in [5.41, 5.74) is 0. The second-order valence-electron chi connectivity index (χ2n) is 27.6. The Balaban J connectivity index is 3.95. The van der Waals surface area contributed by atoms with Gasteiger partial charge in [0.2, 0.25) is 0 Å². The molecule has 0 bridgehead atoms. The van der Waals surface area contributed by atoms with Crippen LogP contribution in [0, 0.1) is 0 Å². The molecule has 0 N–H and O–H groups in total. The van der Waals surface area contributed by atoms with Crippen molar-refractivity contribution in [3.63, 3.8) is 0 Å². The predicted octanol–water partition coefficient (Wildman–Crippen LogP) is 23.3. The molecular formula is C81H149NO8. The molecule has 0 aliphatic carbocycles. The van der Waals surface area contributed by atoms with E-state index in [4.69, 9.17) is 18.9 Å². The minimum absolute atomic E-state index is 0.151. The van der Waals surface area contributed by atoms with E-state index in [-0.39, 0.29) is 32.2 Å². The van der Waals surface area contributed by atoms with Crippen LogP contribution in [0.15, 0.2) is 60.8 Å². The van der Waals surface area contributed by atoms with Gasteiger partial charge in [-0.2, -0.15) is 0 Å². The van der Waals surface area contributed by atoms with E-state index in [2.05, 4.69) is 74.6 Å². The van der Waals surface area contributed by atoms with Gasteiger partial charge in [-0.3, -0.25) is 9.59 Å². The van der Waals surface area contributed by atoms with Crippen LogP contribution in [0.4, 0.5) is 0 Å². The van der Waals surface area contributed by atoms with Gasteiger partial charge in [-0.25, -0.2) is 0 Å². The number of hydrogen-bond acceptors (Lipinski definition) is 8. The Hall–Kier alpha value is -3.01. The molecule has 0 aromatic heterocycles. The number of allylic oxidation sites excluding steroid dienone is 10. The molecular weight excluding hydrogens is 1110 g/mol. The van der Waals surface area contributed by atoms with E-state index in [0.717, 1.165) is 70.6 Å². The van der Waals surface area contributed by atoms with Gasteiger partial charge in [0, 0.05) is 12.8 Å². The number of unbranched alkanes of at least 4 members (excludes halogenated alkanes) is 48. The number of quaternary nitrogens is 1. The third kappa shape index (κ3) is 72.4. The lowest BCUT2D eigenvalue weighted by Gasteiger charge is -2.26. The first kappa shape index (κ1) is 87.0. The zero-order chi connectivity index (χ0) is 65.4. The summed E-state index contributed by atoms with van der Waals surface area (Å²) < 4.78 is 22.9. The summed E-state index contributed by atoms with van der Waals surface area (Å²) >= 11 is 0. The van der Waals surface area contributed by atoms with E-state index in [1.54, 1.807) is 0 Å². The number of hydrogen-bond donors (Lipinski definition) is 0. The van der Waals surface area contributed by atoms with Crippen LogP contribution in [0.3, 0.4) is 0 Å². The maximum Gasteiger partial charge on any atom is 0.306 e. The van der Waals surface area contributed by atoms with Crippen molar-refractivity contribution in [3.05, 3.63) is 60.8 Å². The van der Waals surface area contributed by atoms with Crippen LogP contribution < -0.4 is 5.11 Å². The minimum Gasteiger partial charge on any atom is -0.545 e. The number of carboxylic acids is 1. The minimum atomic E-state index is -1.62. The molecule has 90 heavy (non-hydrogen) atoms. The van der Waals surface area contributed by atoms with Crippen molar-refractivity contribution in [3.8, 4) is 0 Å².